The highest BCUT2D eigenvalue weighted by Crippen LogP contribution is 2.27. The van der Waals surface area contributed by atoms with Gasteiger partial charge in [0.25, 0.3) is 0 Å². The molecular weight excluding hydrogens is 376 g/mol. The second-order valence-electron chi connectivity index (χ2n) is 7.83. The number of aryl methyl sites for hydroxylation is 6. The van der Waals surface area contributed by atoms with Gasteiger partial charge >= 0.3 is 0 Å². The number of fused-ring (bicyclic) bond motifs is 2. The first-order chi connectivity index (χ1) is 14.1. The van der Waals surface area contributed by atoms with E-state index >= 15 is 0 Å². The summed E-state index contributed by atoms with van der Waals surface area (Å²) in [6.45, 7) is 11.8. The standard InChI is InChI=1S/C13H15NO2.C12H13NO/c1-7-5-11(16-4)13-12(9(7)3)10(15)6-8(2)14-13;1-7-4-5-10-11(14)6-8(2)13-12(10)9(7)3/h5-6H,1-4H3,(H,14,15);4-6H,1-3H3,(H,13,14). The van der Waals surface area contributed by atoms with Gasteiger partial charge in [-0.05, 0) is 75.9 Å². The first kappa shape index (κ1) is 21.4. The fourth-order valence-electron chi connectivity index (χ4n) is 3.67. The monoisotopic (exact) mass is 404 g/mol. The summed E-state index contributed by atoms with van der Waals surface area (Å²) in [5.41, 5.74) is 8.10. The van der Waals surface area contributed by atoms with Gasteiger partial charge in [0.2, 0.25) is 0 Å². The van der Waals surface area contributed by atoms with Gasteiger partial charge in [0.15, 0.2) is 10.9 Å². The third kappa shape index (κ3) is 3.88. The van der Waals surface area contributed by atoms with Crippen LogP contribution in [0.2, 0.25) is 0 Å². The van der Waals surface area contributed by atoms with Crippen LogP contribution in [0.25, 0.3) is 21.8 Å². The van der Waals surface area contributed by atoms with Crippen LogP contribution in [0.15, 0.2) is 39.9 Å². The molecule has 0 bridgehead atoms. The van der Waals surface area contributed by atoms with Crippen LogP contribution in [0, 0.1) is 41.5 Å². The zero-order chi connectivity index (χ0) is 22.2. The Morgan fingerprint density at radius 3 is 1.93 bits per heavy atom. The van der Waals surface area contributed by atoms with Crippen molar-refractivity contribution in [2.45, 2.75) is 41.5 Å². The Balaban J connectivity index is 0.000000172. The highest BCUT2D eigenvalue weighted by atomic mass is 16.5. The molecule has 0 saturated heterocycles. The van der Waals surface area contributed by atoms with Crippen LogP contribution in [-0.4, -0.2) is 17.1 Å². The largest absolute Gasteiger partial charge is 0.495 e. The van der Waals surface area contributed by atoms with Gasteiger partial charge in [-0.25, -0.2) is 0 Å². The van der Waals surface area contributed by atoms with E-state index in [4.69, 9.17) is 4.74 Å². The Hall–Kier alpha value is -3.34. The molecule has 2 N–H and O–H groups in total. The van der Waals surface area contributed by atoms with Gasteiger partial charge in [0, 0.05) is 28.9 Å². The smallest absolute Gasteiger partial charge is 0.190 e. The summed E-state index contributed by atoms with van der Waals surface area (Å²) < 4.78 is 5.30. The van der Waals surface area contributed by atoms with Crippen LogP contribution in [0.1, 0.15) is 33.6 Å². The van der Waals surface area contributed by atoms with Gasteiger partial charge in [-0.1, -0.05) is 6.07 Å². The zero-order valence-corrected chi connectivity index (χ0v) is 18.6. The van der Waals surface area contributed by atoms with E-state index in [0.29, 0.717) is 0 Å². The van der Waals surface area contributed by atoms with Crippen molar-refractivity contribution in [2.24, 2.45) is 0 Å². The average Bonchev–Trinajstić information content (AvgIpc) is 2.68. The minimum absolute atomic E-state index is 0.0470. The number of aromatic amines is 2. The van der Waals surface area contributed by atoms with Gasteiger partial charge in [0.1, 0.15) is 5.75 Å². The molecule has 0 fully saturated rings. The van der Waals surface area contributed by atoms with Crippen molar-refractivity contribution in [2.75, 3.05) is 7.11 Å². The van der Waals surface area contributed by atoms with Crippen molar-refractivity contribution in [1.29, 1.82) is 0 Å². The van der Waals surface area contributed by atoms with E-state index in [2.05, 4.69) is 16.9 Å². The number of hydrogen-bond acceptors (Lipinski definition) is 3. The number of benzene rings is 2. The molecule has 0 aliphatic carbocycles. The van der Waals surface area contributed by atoms with Crippen molar-refractivity contribution in [1.82, 2.24) is 9.97 Å². The van der Waals surface area contributed by atoms with Gasteiger partial charge in [-0.15, -0.1) is 0 Å². The molecule has 0 radical (unpaired) electrons. The van der Waals surface area contributed by atoms with E-state index in [0.717, 1.165) is 55.6 Å². The Labute approximate surface area is 175 Å². The Kier molecular flexibility index (Phi) is 5.83. The van der Waals surface area contributed by atoms with Crippen LogP contribution in [-0.2, 0) is 0 Å². The number of methoxy groups -OCH3 is 1. The summed E-state index contributed by atoms with van der Waals surface area (Å²) in [4.78, 5) is 30.0. The second kappa shape index (κ2) is 8.19. The topological polar surface area (TPSA) is 75.0 Å². The predicted molar refractivity (Wildman–Crippen MR) is 124 cm³/mol. The number of pyridine rings is 2. The summed E-state index contributed by atoms with van der Waals surface area (Å²) in [6, 6.07) is 9.08. The van der Waals surface area contributed by atoms with Gasteiger partial charge in [-0.2, -0.15) is 0 Å². The van der Waals surface area contributed by atoms with Gasteiger partial charge in [0.05, 0.1) is 23.5 Å². The Bertz CT molecular complexity index is 1380. The minimum atomic E-state index is 0.0470. The lowest BCUT2D eigenvalue weighted by Gasteiger charge is -2.11. The summed E-state index contributed by atoms with van der Waals surface area (Å²) in [7, 11) is 1.62. The fourth-order valence-corrected chi connectivity index (χ4v) is 3.67. The summed E-state index contributed by atoms with van der Waals surface area (Å²) >= 11 is 0. The fraction of sp³-hybridized carbons (Fsp3) is 0.280. The van der Waals surface area contributed by atoms with Crippen molar-refractivity contribution in [3.63, 3.8) is 0 Å². The van der Waals surface area contributed by atoms with Gasteiger partial charge in [-0.3, -0.25) is 9.59 Å². The number of hydrogen-bond donors (Lipinski definition) is 2. The molecule has 0 saturated carbocycles. The molecule has 0 spiro atoms. The van der Waals surface area contributed by atoms with E-state index in [1.54, 1.807) is 19.2 Å². The van der Waals surface area contributed by atoms with Crippen LogP contribution in [0.4, 0.5) is 0 Å². The normalized spacial score (nSPS) is 10.8. The maximum atomic E-state index is 12.0. The molecule has 2 aromatic heterocycles. The number of ether oxygens (including phenoxy) is 1. The molecule has 2 aromatic carbocycles. The number of aromatic nitrogens is 2. The predicted octanol–water partition coefficient (Wildman–Crippen LogP) is 4.92. The Morgan fingerprint density at radius 1 is 0.700 bits per heavy atom. The average molecular weight is 405 g/mol. The first-order valence-electron chi connectivity index (χ1n) is 9.91. The quantitative estimate of drug-likeness (QED) is 0.473. The van der Waals surface area contributed by atoms with Gasteiger partial charge < -0.3 is 14.7 Å². The molecule has 0 aliphatic rings. The number of nitrogens with one attached hydrogen (secondary N) is 2. The van der Waals surface area contributed by atoms with Crippen LogP contribution < -0.4 is 15.6 Å². The zero-order valence-electron chi connectivity index (χ0n) is 18.6. The first-order valence-corrected chi connectivity index (χ1v) is 9.91. The molecule has 0 amide bonds. The van der Waals surface area contributed by atoms with E-state index < -0.39 is 0 Å². The maximum absolute atomic E-state index is 12.0. The van der Waals surface area contributed by atoms with E-state index in [1.807, 2.05) is 52.8 Å². The van der Waals surface area contributed by atoms with Crippen LogP contribution >= 0.6 is 0 Å². The van der Waals surface area contributed by atoms with Crippen molar-refractivity contribution in [3.8, 4) is 5.75 Å². The van der Waals surface area contributed by atoms with E-state index in [1.165, 1.54) is 5.56 Å². The molecule has 4 aromatic rings. The third-order valence-corrected chi connectivity index (χ3v) is 5.62. The number of rotatable bonds is 1. The third-order valence-electron chi connectivity index (χ3n) is 5.62. The molecule has 2 heterocycles. The molecule has 0 aliphatic heterocycles. The molecular formula is C25H28N2O3. The van der Waals surface area contributed by atoms with E-state index in [9.17, 15) is 9.59 Å². The molecule has 156 valence electrons. The lowest BCUT2D eigenvalue weighted by atomic mass is 10.0. The summed E-state index contributed by atoms with van der Waals surface area (Å²) in [6.07, 6.45) is 0. The maximum Gasteiger partial charge on any atom is 0.190 e. The molecule has 0 unspecified atom stereocenters. The molecule has 30 heavy (non-hydrogen) atoms. The lowest BCUT2D eigenvalue weighted by Crippen LogP contribution is -2.07. The van der Waals surface area contributed by atoms with Crippen LogP contribution in [0.3, 0.4) is 0 Å². The lowest BCUT2D eigenvalue weighted by molar-refractivity contribution is 0.418. The molecule has 4 rings (SSSR count). The van der Waals surface area contributed by atoms with Crippen molar-refractivity contribution >= 4 is 21.8 Å². The molecule has 5 heteroatoms. The highest BCUT2D eigenvalue weighted by Gasteiger charge is 2.11. The second-order valence-corrected chi connectivity index (χ2v) is 7.83. The van der Waals surface area contributed by atoms with E-state index in [-0.39, 0.29) is 10.9 Å². The summed E-state index contributed by atoms with van der Waals surface area (Å²) in [5, 5.41) is 1.50. The minimum Gasteiger partial charge on any atom is -0.495 e. The Morgan fingerprint density at radius 2 is 1.30 bits per heavy atom. The highest BCUT2D eigenvalue weighted by molar-refractivity contribution is 5.88. The van der Waals surface area contributed by atoms with Crippen molar-refractivity contribution in [3.05, 3.63) is 84.4 Å². The molecule has 5 nitrogen and oxygen atoms in total. The van der Waals surface area contributed by atoms with Crippen molar-refractivity contribution < 1.29 is 4.74 Å². The SMILES string of the molecule is COc1cc(C)c(C)c2c(=O)cc(C)[nH]c12.Cc1cc(=O)c2ccc(C)c(C)c2[nH]1. The molecule has 0 atom stereocenters. The summed E-state index contributed by atoms with van der Waals surface area (Å²) in [5.74, 6) is 0.721. The number of H-pyrrole nitrogens is 2. The van der Waals surface area contributed by atoms with Crippen LogP contribution in [0.5, 0.6) is 5.75 Å².